The Balaban J connectivity index is 1.24. The van der Waals surface area contributed by atoms with Crippen molar-refractivity contribution in [1.82, 2.24) is 21.0 Å². The first-order valence-corrected chi connectivity index (χ1v) is 25.3. The van der Waals surface area contributed by atoms with Gasteiger partial charge < -0.3 is 30.1 Å². The number of carbonyl (C=O) groups is 3. The number of hydrogen-bond acceptors (Lipinski definition) is 7. The zero-order chi connectivity index (χ0) is 47.6. The number of carbonyl (C=O) groups excluding carboxylic acids is 3. The van der Waals surface area contributed by atoms with E-state index in [0.717, 1.165) is 39.1 Å². The summed E-state index contributed by atoms with van der Waals surface area (Å²) in [6.45, 7) is 8.80. The quantitative estimate of drug-likeness (QED) is 0.0266. The molecule has 0 aliphatic rings. The minimum Gasteiger partial charge on any atom is -0.405 e. The van der Waals surface area contributed by atoms with Gasteiger partial charge in [0.1, 0.15) is 17.5 Å². The Hall–Kier alpha value is -6.00. The Kier molecular flexibility index (Phi) is 19.0. The fourth-order valence-corrected chi connectivity index (χ4v) is 9.64. The average Bonchev–Trinajstić information content (AvgIpc) is 3.32. The predicted octanol–water partition coefficient (Wildman–Crippen LogP) is 10.3. The van der Waals surface area contributed by atoms with Gasteiger partial charge in [0.15, 0.2) is 0 Å². The maximum Gasteiger partial charge on any atom is 0.512 e. The second-order valence-electron chi connectivity index (χ2n) is 18.0. The molecule has 67 heavy (non-hydrogen) atoms. The van der Waals surface area contributed by atoms with Crippen LogP contribution in [0, 0.1) is 17.8 Å². The monoisotopic (exact) mass is 926 g/mol. The molecule has 0 bridgehead atoms. The molecule has 5 N–H and O–H groups in total. The molecule has 3 unspecified atom stereocenters. The number of aliphatic hydroxyl groups is 1. The Bertz CT molecular complexity index is 2420. The zero-order valence-corrected chi connectivity index (χ0v) is 40.1. The van der Waals surface area contributed by atoms with Gasteiger partial charge in [-0.2, -0.15) is 0 Å². The summed E-state index contributed by atoms with van der Waals surface area (Å²) < 4.78 is 26.0. The highest BCUT2D eigenvalue weighted by atomic mass is 31.2. The molecule has 0 radical (unpaired) electrons. The third kappa shape index (κ3) is 15.5. The summed E-state index contributed by atoms with van der Waals surface area (Å²) in [5, 5.41) is 27.9. The minimum atomic E-state index is -3.91. The van der Waals surface area contributed by atoms with Gasteiger partial charge in [-0.1, -0.05) is 155 Å². The molecule has 0 aromatic heterocycles. The normalized spacial score (nSPS) is 13.5. The standard InChI is InChI=1S/C55H67N4O7P/c1-5-40(4)38-56-53(61)37-52(60)51(34-39(2)3)59-55(63)50(32-16-17-33-57-67(64,65-46-26-8-6-9-27-46)66-47-28-10-7-11-29-47)58-54(62)45(35-43-24-18-22-41-20-12-14-30-48(41)43)36-44-25-19-23-42-21-13-15-31-49(42)44/h6-15,18-31,39-40,45,50-52,60H,5,16-17,32-38H2,1-4H3,(H,56,61)(H,57,64)(H,58,62)(H,59,63)/t40?,50?,51?,52-/m0/s1. The van der Waals surface area contributed by atoms with Crippen molar-refractivity contribution in [2.24, 2.45) is 17.8 Å². The molecular formula is C55H67N4O7P. The Morgan fingerprint density at radius 3 is 1.70 bits per heavy atom. The summed E-state index contributed by atoms with van der Waals surface area (Å²) in [5.41, 5.74) is 2.05. The van der Waals surface area contributed by atoms with E-state index < -0.39 is 37.8 Å². The summed E-state index contributed by atoms with van der Waals surface area (Å²) in [7, 11) is -3.91. The number of unbranched alkanes of at least 4 members (excludes halogenated alkanes) is 1. The van der Waals surface area contributed by atoms with Crippen LogP contribution < -0.4 is 30.1 Å². The zero-order valence-electron chi connectivity index (χ0n) is 39.2. The molecule has 12 heteroatoms. The van der Waals surface area contributed by atoms with Gasteiger partial charge in [0.25, 0.3) is 0 Å². The topological polar surface area (TPSA) is 155 Å². The van der Waals surface area contributed by atoms with Crippen molar-refractivity contribution in [3.63, 3.8) is 0 Å². The second kappa shape index (κ2) is 25.2. The summed E-state index contributed by atoms with van der Waals surface area (Å²) in [5.74, 6) is -0.454. The Morgan fingerprint density at radius 1 is 0.642 bits per heavy atom. The molecule has 0 saturated heterocycles. The van der Waals surface area contributed by atoms with Crippen LogP contribution in [-0.2, 0) is 31.8 Å². The Morgan fingerprint density at radius 2 is 1.16 bits per heavy atom. The maximum absolute atomic E-state index is 14.9. The predicted molar refractivity (Wildman–Crippen MR) is 269 cm³/mol. The number of nitrogens with one attached hydrogen (secondary N) is 4. The van der Waals surface area contributed by atoms with Crippen LogP contribution in [0.3, 0.4) is 0 Å². The molecule has 0 heterocycles. The van der Waals surface area contributed by atoms with E-state index in [9.17, 15) is 24.1 Å². The van der Waals surface area contributed by atoms with Crippen LogP contribution in [0.5, 0.6) is 11.5 Å². The van der Waals surface area contributed by atoms with Gasteiger partial charge in [-0.05, 0) is 107 Å². The van der Waals surface area contributed by atoms with Crippen molar-refractivity contribution in [1.29, 1.82) is 0 Å². The molecule has 0 aliphatic heterocycles. The lowest BCUT2D eigenvalue weighted by Gasteiger charge is -2.29. The second-order valence-corrected chi connectivity index (χ2v) is 19.7. The largest absolute Gasteiger partial charge is 0.512 e. The van der Waals surface area contributed by atoms with Crippen molar-refractivity contribution in [2.45, 2.75) is 97.2 Å². The van der Waals surface area contributed by atoms with Gasteiger partial charge in [-0.3, -0.25) is 14.4 Å². The van der Waals surface area contributed by atoms with Gasteiger partial charge >= 0.3 is 7.75 Å². The highest BCUT2D eigenvalue weighted by Crippen LogP contribution is 2.44. The third-order valence-corrected chi connectivity index (χ3v) is 13.6. The first kappa shape index (κ1) is 50.4. The summed E-state index contributed by atoms with van der Waals surface area (Å²) >= 11 is 0. The molecule has 4 atom stereocenters. The number of hydrogen-bond donors (Lipinski definition) is 5. The average molecular weight is 927 g/mol. The molecule has 0 aliphatic carbocycles. The fraction of sp³-hybridized carbons (Fsp3) is 0.364. The van der Waals surface area contributed by atoms with E-state index in [1.54, 1.807) is 48.5 Å². The number of aliphatic hydroxyl groups excluding tert-OH is 1. The number of fused-ring (bicyclic) bond motifs is 2. The Labute approximate surface area is 396 Å². The van der Waals surface area contributed by atoms with Crippen molar-refractivity contribution >= 4 is 47.0 Å². The summed E-state index contributed by atoms with van der Waals surface area (Å²) in [4.78, 5) is 42.5. The van der Waals surface area contributed by atoms with Crippen LogP contribution in [0.25, 0.3) is 21.5 Å². The van der Waals surface area contributed by atoms with Crippen LogP contribution >= 0.6 is 7.75 Å². The molecule has 0 spiro atoms. The van der Waals surface area contributed by atoms with E-state index in [4.69, 9.17) is 9.05 Å². The van der Waals surface area contributed by atoms with Crippen molar-refractivity contribution < 1.29 is 33.1 Å². The number of rotatable bonds is 26. The molecule has 0 saturated carbocycles. The van der Waals surface area contributed by atoms with E-state index >= 15 is 0 Å². The lowest BCUT2D eigenvalue weighted by Crippen LogP contribution is -2.54. The highest BCUT2D eigenvalue weighted by Gasteiger charge is 2.32. The first-order valence-electron chi connectivity index (χ1n) is 23.7. The molecule has 0 fully saturated rings. The lowest BCUT2D eigenvalue weighted by molar-refractivity contribution is -0.132. The van der Waals surface area contributed by atoms with Gasteiger partial charge in [0.05, 0.1) is 18.6 Å². The molecular weight excluding hydrogens is 860 g/mol. The summed E-state index contributed by atoms with van der Waals surface area (Å²) in [6.07, 6.45) is 1.96. The third-order valence-electron chi connectivity index (χ3n) is 12.1. The van der Waals surface area contributed by atoms with Gasteiger partial charge in [-0.25, -0.2) is 9.65 Å². The van der Waals surface area contributed by atoms with E-state index in [1.807, 2.05) is 69.3 Å². The van der Waals surface area contributed by atoms with Gasteiger partial charge in [-0.15, -0.1) is 0 Å². The molecule has 6 rings (SSSR count). The van der Waals surface area contributed by atoms with Gasteiger partial charge in [0.2, 0.25) is 17.7 Å². The smallest absolute Gasteiger partial charge is 0.405 e. The van der Waals surface area contributed by atoms with Crippen molar-refractivity contribution in [3.05, 3.63) is 157 Å². The first-order chi connectivity index (χ1) is 32.4. The molecule has 3 amide bonds. The SMILES string of the molecule is CCC(C)CNC(=O)C[C@H](O)C(CC(C)C)NC(=O)C(CCCCNP(=O)(Oc1ccccc1)Oc1ccccc1)NC(=O)C(Cc1cccc2ccccc12)Cc1cccc2ccccc12. The summed E-state index contributed by atoms with van der Waals surface area (Å²) in [6, 6.07) is 44.4. The molecule has 354 valence electrons. The number of para-hydroxylation sites is 2. The van der Waals surface area contributed by atoms with E-state index in [-0.39, 0.29) is 43.0 Å². The van der Waals surface area contributed by atoms with E-state index in [2.05, 4.69) is 76.5 Å². The van der Waals surface area contributed by atoms with Crippen LogP contribution in [0.15, 0.2) is 146 Å². The number of benzene rings is 6. The van der Waals surface area contributed by atoms with Crippen LogP contribution in [-0.4, -0.2) is 54.1 Å². The van der Waals surface area contributed by atoms with Crippen LogP contribution in [0.2, 0.25) is 0 Å². The molecule has 6 aromatic rings. The molecule has 6 aromatic carbocycles. The van der Waals surface area contributed by atoms with Crippen molar-refractivity contribution in [2.75, 3.05) is 13.1 Å². The minimum absolute atomic E-state index is 0.0833. The highest BCUT2D eigenvalue weighted by molar-refractivity contribution is 7.52. The lowest BCUT2D eigenvalue weighted by atomic mass is 9.87. The van der Waals surface area contributed by atoms with Gasteiger partial charge in [0, 0.05) is 19.0 Å². The van der Waals surface area contributed by atoms with E-state index in [0.29, 0.717) is 50.1 Å². The van der Waals surface area contributed by atoms with Crippen molar-refractivity contribution in [3.8, 4) is 11.5 Å². The molecule has 11 nitrogen and oxygen atoms in total. The maximum atomic E-state index is 14.9. The number of amides is 3. The van der Waals surface area contributed by atoms with Crippen LogP contribution in [0.4, 0.5) is 0 Å². The fourth-order valence-electron chi connectivity index (χ4n) is 8.24. The van der Waals surface area contributed by atoms with Crippen LogP contribution in [0.1, 0.15) is 77.3 Å². The van der Waals surface area contributed by atoms with E-state index in [1.165, 1.54) is 0 Å².